The van der Waals surface area contributed by atoms with Gasteiger partial charge in [0.1, 0.15) is 12.2 Å². The number of likely N-dealkylation sites (tertiary alicyclic amines) is 1. The topological polar surface area (TPSA) is 49.4 Å². The summed E-state index contributed by atoms with van der Waals surface area (Å²) in [6, 6.07) is 4.79. The monoisotopic (exact) mass is 427 g/mol. The van der Waals surface area contributed by atoms with Crippen LogP contribution in [0.4, 0.5) is 0 Å². The summed E-state index contributed by atoms with van der Waals surface area (Å²) in [5.74, 6) is 2.14. The Morgan fingerprint density at radius 1 is 1.23 bits per heavy atom. The van der Waals surface area contributed by atoms with E-state index in [-0.39, 0.29) is 30.5 Å². The number of likely N-dealkylation sites (N-methyl/N-ethyl adjacent to an activating group) is 1. The van der Waals surface area contributed by atoms with Gasteiger partial charge in [0.25, 0.3) is 0 Å². The molecule has 2 bridgehead atoms. The number of nitrogens with zero attached hydrogens (tertiary/aromatic N) is 1. The van der Waals surface area contributed by atoms with Gasteiger partial charge in [-0.1, -0.05) is 18.2 Å². The van der Waals surface area contributed by atoms with Crippen molar-refractivity contribution in [3.8, 4) is 11.5 Å². The van der Waals surface area contributed by atoms with Gasteiger partial charge in [0, 0.05) is 36.7 Å². The number of benzene rings is 1. The zero-order valence-corrected chi connectivity index (χ0v) is 18.5. The van der Waals surface area contributed by atoms with Gasteiger partial charge in [0.2, 0.25) is 0 Å². The van der Waals surface area contributed by atoms with Crippen molar-refractivity contribution in [3.63, 3.8) is 0 Å². The van der Waals surface area contributed by atoms with Gasteiger partial charge in [-0.3, -0.25) is 0 Å². The first-order valence-corrected chi connectivity index (χ1v) is 11.8. The molecule has 1 aromatic rings. The maximum absolute atomic E-state index is 6.78. The molecule has 1 unspecified atom stereocenters. The van der Waals surface area contributed by atoms with Crippen molar-refractivity contribution in [2.45, 2.75) is 61.9 Å². The maximum Gasteiger partial charge on any atom is 0.188 e. The maximum atomic E-state index is 6.78. The summed E-state index contributed by atoms with van der Waals surface area (Å²) in [5, 5.41) is 0. The van der Waals surface area contributed by atoms with Crippen LogP contribution in [0.2, 0.25) is 0 Å². The average Bonchev–Trinajstić information content (AvgIpc) is 3.15. The molecule has 5 aliphatic rings. The van der Waals surface area contributed by atoms with Crippen molar-refractivity contribution in [1.82, 2.24) is 4.90 Å². The third-order valence-electron chi connectivity index (χ3n) is 8.20. The van der Waals surface area contributed by atoms with Gasteiger partial charge in [0.15, 0.2) is 18.3 Å². The minimum atomic E-state index is -0.0699. The summed E-state index contributed by atoms with van der Waals surface area (Å²) in [4.78, 5) is 2.53. The number of rotatable bonds is 6. The molecule has 3 aliphatic heterocycles. The molecule has 6 rings (SSSR count). The van der Waals surface area contributed by atoms with Crippen molar-refractivity contribution in [2.75, 3.05) is 40.7 Å². The van der Waals surface area contributed by atoms with Crippen molar-refractivity contribution in [3.05, 3.63) is 35.4 Å². The first-order valence-electron chi connectivity index (χ1n) is 11.8. The highest BCUT2D eigenvalue weighted by Crippen LogP contribution is 2.62. The zero-order chi connectivity index (χ0) is 21.0. The van der Waals surface area contributed by atoms with Gasteiger partial charge >= 0.3 is 0 Å². The zero-order valence-electron chi connectivity index (χ0n) is 18.5. The second-order valence-corrected chi connectivity index (χ2v) is 9.76. The lowest BCUT2D eigenvalue weighted by atomic mass is 9.53. The van der Waals surface area contributed by atoms with Crippen LogP contribution in [0, 0.1) is 5.92 Å². The van der Waals surface area contributed by atoms with E-state index in [0.29, 0.717) is 18.6 Å². The molecule has 6 atom stereocenters. The first-order chi connectivity index (χ1) is 15.2. The molecule has 0 aromatic heterocycles. The van der Waals surface area contributed by atoms with Crippen molar-refractivity contribution in [2.24, 2.45) is 5.92 Å². The fourth-order valence-corrected chi connectivity index (χ4v) is 6.75. The van der Waals surface area contributed by atoms with E-state index in [2.05, 4.69) is 36.2 Å². The van der Waals surface area contributed by atoms with Crippen LogP contribution in [0.15, 0.2) is 24.3 Å². The van der Waals surface area contributed by atoms with Crippen LogP contribution in [0.5, 0.6) is 11.5 Å². The van der Waals surface area contributed by atoms with E-state index in [1.54, 1.807) is 7.11 Å². The molecule has 168 valence electrons. The standard InChI is InChI=1S/C25H33NO5/c1-26-11-10-25-18-7-9-21(29-14-17-5-3-4-12-28-17)24(25)31-23-20(30-15-27-2)8-6-16(22(23)25)13-19(18)26/h6-9,17-19,21,24H,3-5,10-15H2,1-2H3/t17?,18-,19+,21-,24-,25-/m0/s1. The number of piperidine rings is 1. The molecule has 3 heterocycles. The van der Waals surface area contributed by atoms with Gasteiger partial charge in [-0.2, -0.15) is 0 Å². The molecule has 0 saturated carbocycles. The molecule has 31 heavy (non-hydrogen) atoms. The van der Waals surface area contributed by atoms with E-state index in [4.69, 9.17) is 23.7 Å². The average molecular weight is 428 g/mol. The molecule has 2 saturated heterocycles. The lowest BCUT2D eigenvalue weighted by Gasteiger charge is -2.56. The molecule has 2 fully saturated rings. The summed E-state index contributed by atoms with van der Waals surface area (Å²) in [7, 11) is 3.91. The summed E-state index contributed by atoms with van der Waals surface area (Å²) < 4.78 is 30.3. The summed E-state index contributed by atoms with van der Waals surface area (Å²) in [6.07, 6.45) is 10.4. The highest BCUT2D eigenvalue weighted by Gasteiger charge is 2.64. The Kier molecular flexibility index (Phi) is 5.02. The van der Waals surface area contributed by atoms with E-state index >= 15 is 0 Å². The predicted octanol–water partition coefficient (Wildman–Crippen LogP) is 3.07. The fraction of sp³-hybridized carbons (Fsp3) is 0.680. The van der Waals surface area contributed by atoms with Gasteiger partial charge in [-0.15, -0.1) is 0 Å². The van der Waals surface area contributed by atoms with Gasteiger partial charge < -0.3 is 28.6 Å². The van der Waals surface area contributed by atoms with Crippen LogP contribution in [0.25, 0.3) is 0 Å². The Morgan fingerprint density at radius 2 is 2.16 bits per heavy atom. The Balaban J connectivity index is 1.37. The Labute approximate surface area is 184 Å². The molecule has 2 aliphatic carbocycles. The molecule has 0 N–H and O–H groups in total. The van der Waals surface area contributed by atoms with Crippen LogP contribution in [0.1, 0.15) is 36.8 Å². The van der Waals surface area contributed by atoms with Crippen molar-refractivity contribution < 1.29 is 23.7 Å². The summed E-state index contributed by atoms with van der Waals surface area (Å²) in [6.45, 7) is 2.78. The largest absolute Gasteiger partial charge is 0.482 e. The van der Waals surface area contributed by atoms with E-state index in [1.165, 1.54) is 17.5 Å². The number of hydrogen-bond donors (Lipinski definition) is 0. The fourth-order valence-electron chi connectivity index (χ4n) is 6.75. The Morgan fingerprint density at radius 3 is 3.00 bits per heavy atom. The third kappa shape index (κ3) is 2.99. The minimum absolute atomic E-state index is 0.0244. The third-order valence-corrected chi connectivity index (χ3v) is 8.20. The Hall–Kier alpha value is -1.60. The van der Waals surface area contributed by atoms with E-state index in [1.807, 2.05) is 0 Å². The van der Waals surface area contributed by atoms with E-state index in [0.717, 1.165) is 50.3 Å². The highest BCUT2D eigenvalue weighted by atomic mass is 16.7. The van der Waals surface area contributed by atoms with Gasteiger partial charge in [-0.25, -0.2) is 0 Å². The molecule has 6 heteroatoms. The van der Waals surface area contributed by atoms with Crippen LogP contribution >= 0.6 is 0 Å². The smallest absolute Gasteiger partial charge is 0.188 e. The lowest BCUT2D eigenvalue weighted by Crippen LogP contribution is -2.65. The van der Waals surface area contributed by atoms with E-state index < -0.39 is 0 Å². The van der Waals surface area contributed by atoms with E-state index in [9.17, 15) is 0 Å². The van der Waals surface area contributed by atoms with Crippen LogP contribution in [0.3, 0.4) is 0 Å². The minimum Gasteiger partial charge on any atom is -0.482 e. The van der Waals surface area contributed by atoms with Gasteiger partial charge in [0.05, 0.1) is 12.7 Å². The molecule has 1 aromatic carbocycles. The summed E-state index contributed by atoms with van der Waals surface area (Å²) >= 11 is 0. The van der Waals surface area contributed by atoms with Crippen LogP contribution < -0.4 is 9.47 Å². The van der Waals surface area contributed by atoms with Crippen LogP contribution in [-0.4, -0.2) is 70.0 Å². The van der Waals surface area contributed by atoms with Crippen molar-refractivity contribution in [1.29, 1.82) is 0 Å². The van der Waals surface area contributed by atoms with Crippen LogP contribution in [-0.2, 0) is 26.0 Å². The SMILES string of the molecule is COCOc1ccc2c3c1O[C@H]1[C@@H](OCC4CCCCO4)C=C[C@H]4[C@@H](C2)N(C)CC[C@@]341. The second kappa shape index (κ2) is 7.77. The predicted molar refractivity (Wildman–Crippen MR) is 116 cm³/mol. The molecular weight excluding hydrogens is 394 g/mol. The number of methoxy groups -OCH3 is 1. The number of ether oxygens (including phenoxy) is 5. The molecule has 1 spiro atoms. The highest BCUT2D eigenvalue weighted by molar-refractivity contribution is 5.62. The second-order valence-electron chi connectivity index (χ2n) is 9.76. The molecular formula is C25H33NO5. The van der Waals surface area contributed by atoms with Crippen molar-refractivity contribution >= 4 is 0 Å². The van der Waals surface area contributed by atoms with Gasteiger partial charge in [-0.05, 0) is 57.3 Å². The molecule has 6 nitrogen and oxygen atoms in total. The summed E-state index contributed by atoms with van der Waals surface area (Å²) in [5.41, 5.74) is 2.73. The lowest BCUT2D eigenvalue weighted by molar-refractivity contribution is -0.103. The molecule has 0 radical (unpaired) electrons. The quantitative estimate of drug-likeness (QED) is 0.514. The molecule has 0 amide bonds. The Bertz CT molecular complexity index is 866. The number of hydrogen-bond acceptors (Lipinski definition) is 6. The first kappa shape index (κ1) is 20.0. The normalized spacial score (nSPS) is 37.9.